The molecule has 2 saturated heterocycles. The lowest BCUT2D eigenvalue weighted by atomic mass is 9.79. The van der Waals surface area contributed by atoms with Gasteiger partial charge in [-0.3, -0.25) is 9.78 Å². The van der Waals surface area contributed by atoms with Gasteiger partial charge in [0.05, 0.1) is 23.4 Å². The Bertz CT molecular complexity index is 734. The average molecular weight is 351 g/mol. The van der Waals surface area contributed by atoms with Gasteiger partial charge in [0, 0.05) is 25.3 Å². The van der Waals surface area contributed by atoms with Crippen LogP contribution in [0, 0.1) is 12.3 Å². The molecule has 0 bridgehead atoms. The van der Waals surface area contributed by atoms with Crippen LogP contribution in [0.25, 0.3) is 0 Å². The summed E-state index contributed by atoms with van der Waals surface area (Å²) in [5.74, 6) is 0.176. The summed E-state index contributed by atoms with van der Waals surface area (Å²) < 4.78 is 25.9. The Morgan fingerprint density at radius 1 is 1.25 bits per heavy atom. The van der Waals surface area contributed by atoms with Crippen molar-refractivity contribution in [1.29, 1.82) is 0 Å². The fraction of sp³-hybridized carbons (Fsp3) is 0.647. The van der Waals surface area contributed by atoms with Crippen molar-refractivity contribution in [2.24, 2.45) is 5.41 Å². The minimum absolute atomic E-state index is 0.0850. The van der Waals surface area contributed by atoms with Crippen LogP contribution < -0.4 is 0 Å². The van der Waals surface area contributed by atoms with Gasteiger partial charge in [0.15, 0.2) is 0 Å². The lowest BCUT2D eigenvalue weighted by Gasteiger charge is -2.38. The molecule has 2 aliphatic heterocycles. The number of sulfonamides is 1. The van der Waals surface area contributed by atoms with Crippen molar-refractivity contribution >= 4 is 15.9 Å². The van der Waals surface area contributed by atoms with Gasteiger partial charge in [-0.2, -0.15) is 0 Å². The maximum Gasteiger partial charge on any atom is 0.230 e. The molecule has 2 aliphatic rings. The summed E-state index contributed by atoms with van der Waals surface area (Å²) in [7, 11) is -3.24. The van der Waals surface area contributed by atoms with E-state index in [0.29, 0.717) is 26.2 Å². The Hall–Kier alpha value is -1.47. The summed E-state index contributed by atoms with van der Waals surface area (Å²) in [5, 5.41) is 0. The van der Waals surface area contributed by atoms with E-state index in [4.69, 9.17) is 0 Å². The molecule has 1 spiro atoms. The quantitative estimate of drug-likeness (QED) is 0.825. The van der Waals surface area contributed by atoms with Gasteiger partial charge in [-0.25, -0.2) is 12.7 Å². The van der Waals surface area contributed by atoms with Crippen molar-refractivity contribution in [3.8, 4) is 0 Å². The summed E-state index contributed by atoms with van der Waals surface area (Å²) in [6.07, 6.45) is 2.26. The number of aryl methyl sites for hydroxylation is 1. The van der Waals surface area contributed by atoms with Crippen LogP contribution in [0.4, 0.5) is 0 Å². The molecular weight excluding hydrogens is 326 g/mol. The van der Waals surface area contributed by atoms with Crippen molar-refractivity contribution < 1.29 is 13.2 Å². The first-order valence-electron chi connectivity index (χ1n) is 8.56. The number of carbonyl (C=O) groups excluding carboxylic acids is 1. The van der Waals surface area contributed by atoms with Gasteiger partial charge in [0.1, 0.15) is 0 Å². The van der Waals surface area contributed by atoms with Crippen molar-refractivity contribution in [3.05, 3.63) is 29.6 Å². The van der Waals surface area contributed by atoms with Crippen LogP contribution in [0.5, 0.6) is 0 Å². The standard InChI is InChI=1S/C17H25N3O3S/c1-3-24(22,23)20-10-5-8-17(13-20)9-11-19(16(17)21)12-15-7-4-6-14(2)18-15/h4,6-7H,3,5,8-13H2,1-2H3/t17-/m0/s1. The van der Waals surface area contributed by atoms with Crippen LogP contribution in [0.2, 0.25) is 0 Å². The number of carbonyl (C=O) groups is 1. The fourth-order valence-corrected chi connectivity index (χ4v) is 5.03. The zero-order chi connectivity index (χ0) is 17.4. The van der Waals surface area contributed by atoms with Crippen LogP contribution in [0.1, 0.15) is 37.6 Å². The number of hydrogen-bond donors (Lipinski definition) is 0. The molecule has 0 radical (unpaired) electrons. The highest BCUT2D eigenvalue weighted by molar-refractivity contribution is 7.89. The molecule has 7 heteroatoms. The second kappa shape index (κ2) is 6.44. The summed E-state index contributed by atoms with van der Waals surface area (Å²) in [6.45, 7) is 5.63. The molecule has 24 heavy (non-hydrogen) atoms. The second-order valence-electron chi connectivity index (χ2n) is 6.87. The third-order valence-corrected chi connectivity index (χ3v) is 7.03. The molecule has 0 saturated carbocycles. The first-order chi connectivity index (χ1) is 11.4. The molecule has 1 amide bonds. The lowest BCUT2D eigenvalue weighted by molar-refractivity contribution is -0.138. The molecular formula is C17H25N3O3S. The van der Waals surface area contributed by atoms with Gasteiger partial charge >= 0.3 is 0 Å². The Balaban J connectivity index is 1.75. The molecule has 6 nitrogen and oxygen atoms in total. The third kappa shape index (κ3) is 3.19. The van der Waals surface area contributed by atoms with Crippen LogP contribution in [0.15, 0.2) is 18.2 Å². The molecule has 0 N–H and O–H groups in total. The molecule has 3 heterocycles. The van der Waals surface area contributed by atoms with Crippen molar-refractivity contribution in [1.82, 2.24) is 14.2 Å². The van der Waals surface area contributed by atoms with Crippen LogP contribution in [-0.2, 0) is 21.4 Å². The van der Waals surface area contributed by atoms with Crippen LogP contribution in [-0.4, -0.2) is 53.9 Å². The van der Waals surface area contributed by atoms with E-state index in [2.05, 4.69) is 4.98 Å². The van der Waals surface area contributed by atoms with Crippen LogP contribution in [0.3, 0.4) is 0 Å². The number of nitrogens with zero attached hydrogens (tertiary/aromatic N) is 3. The summed E-state index contributed by atoms with van der Waals surface area (Å²) in [5.41, 5.74) is 1.28. The summed E-state index contributed by atoms with van der Waals surface area (Å²) in [6, 6.07) is 5.82. The van der Waals surface area contributed by atoms with Gasteiger partial charge in [0.2, 0.25) is 15.9 Å². The number of rotatable bonds is 4. The number of aromatic nitrogens is 1. The van der Waals surface area contributed by atoms with Gasteiger partial charge in [0.25, 0.3) is 0 Å². The fourth-order valence-electron chi connectivity index (χ4n) is 3.81. The number of hydrogen-bond acceptors (Lipinski definition) is 4. The second-order valence-corrected chi connectivity index (χ2v) is 9.12. The maximum absolute atomic E-state index is 13.0. The maximum atomic E-state index is 13.0. The van der Waals surface area contributed by atoms with E-state index in [9.17, 15) is 13.2 Å². The average Bonchev–Trinajstić information content (AvgIpc) is 2.84. The van der Waals surface area contributed by atoms with E-state index in [-0.39, 0.29) is 11.7 Å². The van der Waals surface area contributed by atoms with Crippen molar-refractivity contribution in [3.63, 3.8) is 0 Å². The third-order valence-electron chi connectivity index (χ3n) is 5.20. The lowest BCUT2D eigenvalue weighted by Crippen LogP contribution is -2.50. The summed E-state index contributed by atoms with van der Waals surface area (Å²) in [4.78, 5) is 19.3. The minimum Gasteiger partial charge on any atom is -0.336 e. The monoisotopic (exact) mass is 351 g/mol. The Labute approximate surface area is 143 Å². The molecule has 2 fully saturated rings. The minimum atomic E-state index is -3.24. The molecule has 132 valence electrons. The molecule has 1 aromatic heterocycles. The van der Waals surface area contributed by atoms with Crippen molar-refractivity contribution in [2.75, 3.05) is 25.4 Å². The largest absolute Gasteiger partial charge is 0.336 e. The highest BCUT2D eigenvalue weighted by Gasteiger charge is 2.50. The number of likely N-dealkylation sites (tertiary alicyclic amines) is 1. The smallest absolute Gasteiger partial charge is 0.230 e. The zero-order valence-corrected chi connectivity index (χ0v) is 15.2. The first-order valence-corrected chi connectivity index (χ1v) is 10.2. The van der Waals surface area contributed by atoms with E-state index in [0.717, 1.165) is 30.7 Å². The number of pyridine rings is 1. The van der Waals surface area contributed by atoms with E-state index >= 15 is 0 Å². The normalized spacial score (nSPS) is 25.6. The Kier molecular flexibility index (Phi) is 4.66. The van der Waals surface area contributed by atoms with Gasteiger partial charge < -0.3 is 4.90 Å². The number of piperidine rings is 1. The Morgan fingerprint density at radius 2 is 2.04 bits per heavy atom. The van der Waals surface area contributed by atoms with E-state index in [1.54, 1.807) is 6.92 Å². The van der Waals surface area contributed by atoms with E-state index in [1.807, 2.05) is 30.0 Å². The van der Waals surface area contributed by atoms with E-state index < -0.39 is 15.4 Å². The highest BCUT2D eigenvalue weighted by Crippen LogP contribution is 2.41. The topological polar surface area (TPSA) is 70.6 Å². The summed E-state index contributed by atoms with van der Waals surface area (Å²) >= 11 is 0. The van der Waals surface area contributed by atoms with Gasteiger partial charge in [-0.15, -0.1) is 0 Å². The molecule has 0 aliphatic carbocycles. The first kappa shape index (κ1) is 17.4. The highest BCUT2D eigenvalue weighted by atomic mass is 32.2. The van der Waals surface area contributed by atoms with Crippen LogP contribution >= 0.6 is 0 Å². The zero-order valence-electron chi connectivity index (χ0n) is 14.4. The SMILES string of the molecule is CCS(=O)(=O)N1CCC[C@]2(CCN(Cc3cccc(C)n3)C2=O)C1. The Morgan fingerprint density at radius 3 is 2.75 bits per heavy atom. The van der Waals surface area contributed by atoms with Gasteiger partial charge in [-0.05, 0) is 45.2 Å². The predicted molar refractivity (Wildman–Crippen MR) is 91.7 cm³/mol. The van der Waals surface area contributed by atoms with Crippen molar-refractivity contribution in [2.45, 2.75) is 39.7 Å². The van der Waals surface area contributed by atoms with E-state index in [1.165, 1.54) is 4.31 Å². The molecule has 0 unspecified atom stereocenters. The molecule has 1 atom stereocenters. The molecule has 0 aromatic carbocycles. The molecule has 3 rings (SSSR count). The molecule has 1 aromatic rings. The van der Waals surface area contributed by atoms with Gasteiger partial charge in [-0.1, -0.05) is 6.07 Å². The predicted octanol–water partition coefficient (Wildman–Crippen LogP) is 1.55. The number of amides is 1.